The Morgan fingerprint density at radius 2 is 1.59 bits per heavy atom. The van der Waals surface area contributed by atoms with Gasteiger partial charge in [0, 0.05) is 17.7 Å². The van der Waals surface area contributed by atoms with E-state index >= 15 is 0 Å². The van der Waals surface area contributed by atoms with Crippen LogP contribution in [-0.2, 0) is 17.9 Å². The summed E-state index contributed by atoms with van der Waals surface area (Å²) in [5.74, 6) is 0.928. The molecule has 0 bridgehead atoms. The number of methoxy groups -OCH3 is 1. The molecule has 1 saturated heterocycles. The van der Waals surface area contributed by atoms with Crippen LogP contribution in [0.3, 0.4) is 0 Å². The molecule has 2 aromatic rings. The van der Waals surface area contributed by atoms with Crippen LogP contribution in [0.2, 0.25) is 0 Å². The molecular formula is C22H31N3O2+2. The standard InChI is InChI=1S/C22H29N3O2/c1-18-7-3-4-9-20(18)16-24-11-13-25(14-12-24)17-22(26)23-15-19-8-5-6-10-21(19)27-2/h3-10H,11-17H2,1-2H3,(H,23,26)/p+2. The zero-order valence-electron chi connectivity index (χ0n) is 16.4. The summed E-state index contributed by atoms with van der Waals surface area (Å²) < 4.78 is 5.34. The maximum absolute atomic E-state index is 12.3. The molecule has 144 valence electrons. The molecule has 0 aromatic heterocycles. The van der Waals surface area contributed by atoms with Crippen molar-refractivity contribution in [3.05, 3.63) is 65.2 Å². The first-order valence-corrected chi connectivity index (χ1v) is 9.76. The van der Waals surface area contributed by atoms with Crippen LogP contribution >= 0.6 is 0 Å². The number of hydrogen-bond donors (Lipinski definition) is 3. The molecule has 0 spiro atoms. The molecule has 5 nitrogen and oxygen atoms in total. The van der Waals surface area contributed by atoms with Crippen LogP contribution in [0.5, 0.6) is 5.75 Å². The maximum Gasteiger partial charge on any atom is 0.275 e. The van der Waals surface area contributed by atoms with Crippen molar-refractivity contribution in [3.8, 4) is 5.75 Å². The highest BCUT2D eigenvalue weighted by molar-refractivity contribution is 5.76. The molecule has 1 fully saturated rings. The Morgan fingerprint density at radius 1 is 0.963 bits per heavy atom. The fourth-order valence-corrected chi connectivity index (χ4v) is 3.72. The van der Waals surface area contributed by atoms with E-state index in [-0.39, 0.29) is 5.91 Å². The molecule has 5 heteroatoms. The van der Waals surface area contributed by atoms with Crippen molar-refractivity contribution in [3.63, 3.8) is 0 Å². The number of aryl methyl sites for hydroxylation is 1. The van der Waals surface area contributed by atoms with E-state index < -0.39 is 0 Å². The Balaban J connectivity index is 1.41. The number of amides is 1. The van der Waals surface area contributed by atoms with Crippen LogP contribution in [0, 0.1) is 6.92 Å². The predicted octanol–water partition coefficient (Wildman–Crippen LogP) is -0.397. The number of quaternary nitrogens is 2. The van der Waals surface area contributed by atoms with Crippen molar-refractivity contribution < 1.29 is 19.3 Å². The normalized spacial score (nSPS) is 19.5. The van der Waals surface area contributed by atoms with Gasteiger partial charge < -0.3 is 19.9 Å². The molecule has 1 aliphatic heterocycles. The minimum Gasteiger partial charge on any atom is -0.496 e. The first kappa shape index (κ1) is 19.4. The van der Waals surface area contributed by atoms with Crippen molar-refractivity contribution in [1.29, 1.82) is 0 Å². The van der Waals surface area contributed by atoms with E-state index in [1.165, 1.54) is 16.0 Å². The lowest BCUT2D eigenvalue weighted by atomic mass is 10.1. The summed E-state index contributed by atoms with van der Waals surface area (Å²) in [7, 11) is 1.66. The molecule has 2 aromatic carbocycles. The van der Waals surface area contributed by atoms with Gasteiger partial charge in [-0.1, -0.05) is 42.5 Å². The van der Waals surface area contributed by atoms with Gasteiger partial charge in [0.25, 0.3) is 5.91 Å². The highest BCUT2D eigenvalue weighted by atomic mass is 16.5. The lowest BCUT2D eigenvalue weighted by Gasteiger charge is -2.29. The zero-order chi connectivity index (χ0) is 19.1. The van der Waals surface area contributed by atoms with Crippen LogP contribution < -0.4 is 19.9 Å². The summed E-state index contributed by atoms with van der Waals surface area (Å²) in [5.41, 5.74) is 3.82. The minimum absolute atomic E-state index is 0.109. The number of hydrogen-bond acceptors (Lipinski definition) is 2. The van der Waals surface area contributed by atoms with E-state index in [1.54, 1.807) is 12.0 Å². The average Bonchev–Trinajstić information content (AvgIpc) is 2.70. The molecule has 3 N–H and O–H groups in total. The number of para-hydroxylation sites is 1. The molecule has 0 saturated carbocycles. The maximum atomic E-state index is 12.3. The smallest absolute Gasteiger partial charge is 0.275 e. The first-order valence-electron chi connectivity index (χ1n) is 9.76. The Kier molecular flexibility index (Phi) is 6.85. The van der Waals surface area contributed by atoms with Crippen LogP contribution in [0.25, 0.3) is 0 Å². The Labute approximate surface area is 161 Å². The lowest BCUT2D eigenvalue weighted by molar-refractivity contribution is -1.02. The molecule has 1 aliphatic rings. The van der Waals surface area contributed by atoms with Crippen molar-refractivity contribution in [2.24, 2.45) is 0 Å². The molecule has 1 heterocycles. The zero-order valence-corrected chi connectivity index (χ0v) is 16.4. The van der Waals surface area contributed by atoms with Gasteiger partial charge >= 0.3 is 0 Å². The van der Waals surface area contributed by atoms with Gasteiger partial charge in [0.15, 0.2) is 6.54 Å². The number of rotatable bonds is 7. The summed E-state index contributed by atoms with van der Waals surface area (Å²) in [6.45, 7) is 8.65. The molecule has 0 unspecified atom stereocenters. The Bertz CT molecular complexity index is 755. The molecule has 3 rings (SSSR count). The van der Waals surface area contributed by atoms with Crippen LogP contribution in [-0.4, -0.2) is 45.7 Å². The quantitative estimate of drug-likeness (QED) is 0.622. The number of carbonyl (C=O) groups excluding carboxylic acids is 1. The van der Waals surface area contributed by atoms with E-state index in [0.717, 1.165) is 44.0 Å². The summed E-state index contributed by atoms with van der Waals surface area (Å²) >= 11 is 0. The summed E-state index contributed by atoms with van der Waals surface area (Å²) in [6, 6.07) is 16.4. The second kappa shape index (κ2) is 9.53. The van der Waals surface area contributed by atoms with Gasteiger partial charge in [-0.25, -0.2) is 0 Å². The molecule has 1 amide bonds. The SMILES string of the molecule is COc1ccccc1CNC(=O)C[NH+]1CC[NH+](Cc2ccccc2C)CC1. The largest absolute Gasteiger partial charge is 0.496 e. The van der Waals surface area contributed by atoms with Crippen molar-refractivity contribution in [2.75, 3.05) is 39.8 Å². The van der Waals surface area contributed by atoms with Crippen LogP contribution in [0.15, 0.2) is 48.5 Å². The van der Waals surface area contributed by atoms with Crippen molar-refractivity contribution in [1.82, 2.24) is 5.32 Å². The average molecular weight is 370 g/mol. The van der Waals surface area contributed by atoms with Crippen molar-refractivity contribution in [2.45, 2.75) is 20.0 Å². The van der Waals surface area contributed by atoms with Gasteiger partial charge in [-0.05, 0) is 18.6 Å². The van der Waals surface area contributed by atoms with Crippen molar-refractivity contribution >= 4 is 5.91 Å². The topological polar surface area (TPSA) is 47.2 Å². The van der Waals surface area contributed by atoms with Gasteiger partial charge in [-0.2, -0.15) is 0 Å². The third kappa shape index (κ3) is 5.55. The highest BCUT2D eigenvalue weighted by Crippen LogP contribution is 2.16. The Morgan fingerprint density at radius 3 is 2.30 bits per heavy atom. The fraction of sp³-hybridized carbons (Fsp3) is 0.409. The van der Waals surface area contributed by atoms with Gasteiger partial charge in [0.1, 0.15) is 38.5 Å². The molecule has 0 radical (unpaired) electrons. The second-order valence-electron chi connectivity index (χ2n) is 7.37. The first-order chi connectivity index (χ1) is 13.2. The number of ether oxygens (including phenoxy) is 1. The van der Waals surface area contributed by atoms with E-state index in [9.17, 15) is 4.79 Å². The summed E-state index contributed by atoms with van der Waals surface area (Å²) in [4.78, 5) is 15.3. The summed E-state index contributed by atoms with van der Waals surface area (Å²) in [5, 5.41) is 3.03. The van der Waals surface area contributed by atoms with Gasteiger partial charge in [-0.15, -0.1) is 0 Å². The third-order valence-corrected chi connectivity index (χ3v) is 5.45. The molecule has 0 atom stereocenters. The number of piperazine rings is 1. The van der Waals surface area contributed by atoms with Crippen LogP contribution in [0.4, 0.5) is 0 Å². The fourth-order valence-electron chi connectivity index (χ4n) is 3.72. The number of nitrogens with one attached hydrogen (secondary N) is 3. The second-order valence-corrected chi connectivity index (χ2v) is 7.37. The number of carbonyl (C=O) groups is 1. The van der Waals surface area contributed by atoms with Gasteiger partial charge in [-0.3, -0.25) is 4.79 Å². The Hall–Kier alpha value is -2.37. The lowest BCUT2D eigenvalue weighted by Crippen LogP contribution is -3.28. The monoisotopic (exact) mass is 369 g/mol. The van der Waals surface area contributed by atoms with E-state index in [1.807, 2.05) is 24.3 Å². The predicted molar refractivity (Wildman–Crippen MR) is 106 cm³/mol. The van der Waals surface area contributed by atoms with E-state index in [0.29, 0.717) is 13.1 Å². The number of benzene rings is 2. The van der Waals surface area contributed by atoms with Gasteiger partial charge in [0.2, 0.25) is 0 Å². The highest BCUT2D eigenvalue weighted by Gasteiger charge is 2.25. The van der Waals surface area contributed by atoms with E-state index in [2.05, 4.69) is 36.5 Å². The molecule has 27 heavy (non-hydrogen) atoms. The van der Waals surface area contributed by atoms with E-state index in [4.69, 9.17) is 4.74 Å². The molecular weight excluding hydrogens is 338 g/mol. The van der Waals surface area contributed by atoms with Crippen LogP contribution in [0.1, 0.15) is 16.7 Å². The summed E-state index contributed by atoms with van der Waals surface area (Å²) in [6.07, 6.45) is 0. The third-order valence-electron chi connectivity index (χ3n) is 5.45. The molecule has 0 aliphatic carbocycles. The minimum atomic E-state index is 0.109. The van der Waals surface area contributed by atoms with Gasteiger partial charge in [0.05, 0.1) is 7.11 Å².